The molecule has 0 amide bonds. The Bertz CT molecular complexity index is 778. The van der Waals surface area contributed by atoms with E-state index in [-0.39, 0.29) is 5.79 Å². The van der Waals surface area contributed by atoms with Crippen molar-refractivity contribution < 1.29 is 9.47 Å². The van der Waals surface area contributed by atoms with Crippen molar-refractivity contribution in [3.63, 3.8) is 0 Å². The molecule has 1 aliphatic heterocycles. The van der Waals surface area contributed by atoms with E-state index in [1.807, 2.05) is 0 Å². The van der Waals surface area contributed by atoms with Crippen LogP contribution >= 0.6 is 0 Å². The van der Waals surface area contributed by atoms with Gasteiger partial charge in [0.1, 0.15) is 0 Å². The number of fused-ring (bicyclic) bond motifs is 1. The predicted octanol–water partition coefficient (Wildman–Crippen LogP) is 13.8. The Labute approximate surface area is 300 Å². The topological polar surface area (TPSA) is 21.7 Å². The molecule has 2 unspecified atom stereocenters. The summed E-state index contributed by atoms with van der Waals surface area (Å²) in [5.74, 6) is 0.417. The highest BCUT2D eigenvalue weighted by Crippen LogP contribution is 2.45. The summed E-state index contributed by atoms with van der Waals surface area (Å²) < 4.78 is 13.7. The van der Waals surface area contributed by atoms with Crippen LogP contribution < -0.4 is 0 Å². The van der Waals surface area contributed by atoms with E-state index < -0.39 is 0 Å². The third kappa shape index (κ3) is 21.8. The van der Waals surface area contributed by atoms with E-state index in [1.54, 1.807) is 0 Å². The van der Waals surface area contributed by atoms with Crippen molar-refractivity contribution in [2.75, 3.05) is 20.6 Å². The average Bonchev–Trinajstić information content (AvgIpc) is 3.59. The summed E-state index contributed by atoms with van der Waals surface area (Å²) in [6.07, 6.45) is 55.2. The van der Waals surface area contributed by atoms with Crippen LogP contribution in [0.15, 0.2) is 48.6 Å². The Morgan fingerprint density at radius 1 is 0.479 bits per heavy atom. The van der Waals surface area contributed by atoms with Crippen LogP contribution in [-0.4, -0.2) is 43.5 Å². The van der Waals surface area contributed by atoms with Gasteiger partial charge in [-0.25, -0.2) is 0 Å². The van der Waals surface area contributed by atoms with Crippen LogP contribution in [0.3, 0.4) is 0 Å². The summed E-state index contributed by atoms with van der Waals surface area (Å²) in [7, 11) is 4.38. The molecule has 278 valence electrons. The van der Waals surface area contributed by atoms with Crippen LogP contribution in [-0.2, 0) is 9.47 Å². The van der Waals surface area contributed by atoms with Gasteiger partial charge in [-0.2, -0.15) is 0 Å². The maximum absolute atomic E-state index is 6.87. The van der Waals surface area contributed by atoms with Gasteiger partial charge in [0.25, 0.3) is 0 Å². The predicted molar refractivity (Wildman–Crippen MR) is 212 cm³/mol. The van der Waals surface area contributed by atoms with E-state index in [0.717, 1.165) is 38.1 Å². The molecule has 3 atom stereocenters. The molecular weight excluding hydrogens is 587 g/mol. The van der Waals surface area contributed by atoms with Gasteiger partial charge in [-0.1, -0.05) is 140 Å². The number of allylic oxidation sites excluding steroid dienone is 8. The molecule has 0 aromatic heterocycles. The molecule has 3 nitrogen and oxygen atoms in total. The molecule has 1 saturated carbocycles. The summed E-state index contributed by atoms with van der Waals surface area (Å²) in [4.78, 5) is 2.33. The zero-order chi connectivity index (χ0) is 34.4. The van der Waals surface area contributed by atoms with Crippen LogP contribution in [0, 0.1) is 5.92 Å². The fourth-order valence-corrected chi connectivity index (χ4v) is 7.68. The van der Waals surface area contributed by atoms with E-state index in [4.69, 9.17) is 9.47 Å². The number of nitrogens with zero attached hydrogens (tertiary/aromatic N) is 1. The fourth-order valence-electron chi connectivity index (χ4n) is 7.68. The van der Waals surface area contributed by atoms with Gasteiger partial charge in [0.05, 0.1) is 12.2 Å². The van der Waals surface area contributed by atoms with E-state index >= 15 is 0 Å². The molecule has 48 heavy (non-hydrogen) atoms. The standard InChI is InChI=1S/C45H81NO2/c1-5-7-9-11-13-15-17-19-21-23-25-27-29-31-33-35-37-45(47-43-39-42(41-46(3)4)40-44(43)48-45)38-36-34-32-30-28-26-24-22-20-18-16-14-12-10-8-6-2/h13-16,19-22,42-44H,5-12,17-18,23-41H2,1-4H3/b15-13-,16-14-,21-19-,22-20-/t42?,43-,44?/m0/s1. The first-order valence-corrected chi connectivity index (χ1v) is 21.2. The van der Waals surface area contributed by atoms with Crippen molar-refractivity contribution in [3.05, 3.63) is 48.6 Å². The first-order valence-electron chi connectivity index (χ1n) is 21.2. The van der Waals surface area contributed by atoms with E-state index in [1.165, 1.54) is 154 Å². The van der Waals surface area contributed by atoms with E-state index in [0.29, 0.717) is 12.2 Å². The molecule has 2 rings (SSSR count). The molecule has 1 aliphatic carbocycles. The first-order chi connectivity index (χ1) is 23.6. The molecular formula is C45H81NO2. The van der Waals surface area contributed by atoms with Crippen molar-refractivity contribution in [3.8, 4) is 0 Å². The van der Waals surface area contributed by atoms with Crippen LogP contribution in [0.5, 0.6) is 0 Å². The first kappa shape index (κ1) is 43.0. The summed E-state index contributed by atoms with van der Waals surface area (Å²) in [5, 5.41) is 0. The van der Waals surface area contributed by atoms with Gasteiger partial charge in [0.15, 0.2) is 5.79 Å². The lowest BCUT2D eigenvalue weighted by Gasteiger charge is -2.30. The quantitative estimate of drug-likeness (QED) is 0.0526. The number of ether oxygens (including phenoxy) is 2. The number of hydrogen-bond donors (Lipinski definition) is 0. The Balaban J connectivity index is 1.57. The molecule has 0 N–H and O–H groups in total. The largest absolute Gasteiger partial charge is 0.344 e. The maximum Gasteiger partial charge on any atom is 0.169 e. The zero-order valence-electron chi connectivity index (χ0n) is 32.6. The smallest absolute Gasteiger partial charge is 0.169 e. The maximum atomic E-state index is 6.87. The highest BCUT2D eigenvalue weighted by Gasteiger charge is 2.50. The van der Waals surface area contributed by atoms with Gasteiger partial charge in [0.2, 0.25) is 0 Å². The van der Waals surface area contributed by atoms with Gasteiger partial charge >= 0.3 is 0 Å². The van der Waals surface area contributed by atoms with Crippen molar-refractivity contribution in [2.24, 2.45) is 5.92 Å². The SMILES string of the molecule is CCCCC/C=C\C/C=C\CCCCCCCCC1(CCCCCCCC/C=C\C/C=C\CCCCC)OC2CC(CN(C)C)C[C@@H]2O1. The lowest BCUT2D eigenvalue weighted by atomic mass is 9.98. The number of hydrogen-bond acceptors (Lipinski definition) is 3. The Hall–Kier alpha value is -1.16. The third-order valence-electron chi connectivity index (χ3n) is 10.4. The minimum absolute atomic E-state index is 0.303. The van der Waals surface area contributed by atoms with Gasteiger partial charge < -0.3 is 14.4 Å². The van der Waals surface area contributed by atoms with Gasteiger partial charge in [-0.3, -0.25) is 0 Å². The zero-order valence-corrected chi connectivity index (χ0v) is 32.6. The normalized spacial score (nSPS) is 21.0. The number of unbranched alkanes of at least 4 members (excludes halogenated alkanes) is 18. The van der Waals surface area contributed by atoms with Crippen molar-refractivity contribution in [2.45, 2.75) is 212 Å². The lowest BCUT2D eigenvalue weighted by molar-refractivity contribution is -0.193. The summed E-state index contributed by atoms with van der Waals surface area (Å²) >= 11 is 0. The summed E-state index contributed by atoms with van der Waals surface area (Å²) in [6.45, 7) is 5.70. The van der Waals surface area contributed by atoms with E-state index in [9.17, 15) is 0 Å². The monoisotopic (exact) mass is 668 g/mol. The fraction of sp³-hybridized carbons (Fsp3) is 0.822. The van der Waals surface area contributed by atoms with Crippen LogP contribution in [0.2, 0.25) is 0 Å². The number of rotatable bonds is 32. The van der Waals surface area contributed by atoms with Crippen LogP contribution in [0.1, 0.15) is 194 Å². The lowest BCUT2D eigenvalue weighted by Crippen LogP contribution is -2.33. The Kier molecular flexibility index (Phi) is 26.5. The molecule has 1 saturated heterocycles. The van der Waals surface area contributed by atoms with Gasteiger partial charge in [0, 0.05) is 19.4 Å². The Morgan fingerprint density at radius 3 is 1.21 bits per heavy atom. The van der Waals surface area contributed by atoms with Crippen molar-refractivity contribution >= 4 is 0 Å². The highest BCUT2D eigenvalue weighted by molar-refractivity contribution is 4.95. The third-order valence-corrected chi connectivity index (χ3v) is 10.4. The second-order valence-corrected chi connectivity index (χ2v) is 15.5. The Morgan fingerprint density at radius 2 is 0.833 bits per heavy atom. The molecule has 0 aromatic rings. The molecule has 3 heteroatoms. The molecule has 2 aliphatic rings. The van der Waals surface area contributed by atoms with Gasteiger partial charge in [-0.15, -0.1) is 0 Å². The summed E-state index contributed by atoms with van der Waals surface area (Å²) in [5.41, 5.74) is 0. The molecule has 2 fully saturated rings. The molecule has 0 bridgehead atoms. The average molecular weight is 668 g/mol. The molecule has 1 heterocycles. The van der Waals surface area contributed by atoms with Crippen LogP contribution in [0.25, 0.3) is 0 Å². The minimum Gasteiger partial charge on any atom is -0.344 e. The van der Waals surface area contributed by atoms with E-state index in [2.05, 4.69) is 81.5 Å². The summed E-state index contributed by atoms with van der Waals surface area (Å²) in [6, 6.07) is 0. The van der Waals surface area contributed by atoms with Crippen molar-refractivity contribution in [1.29, 1.82) is 0 Å². The van der Waals surface area contributed by atoms with Crippen molar-refractivity contribution in [1.82, 2.24) is 4.90 Å². The van der Waals surface area contributed by atoms with Gasteiger partial charge in [-0.05, 0) is 110 Å². The molecule has 0 radical (unpaired) electrons. The molecule has 0 spiro atoms. The molecule has 0 aromatic carbocycles. The second-order valence-electron chi connectivity index (χ2n) is 15.5. The highest BCUT2D eigenvalue weighted by atomic mass is 16.8. The second kappa shape index (κ2) is 29.6. The minimum atomic E-state index is -0.303. The van der Waals surface area contributed by atoms with Crippen LogP contribution in [0.4, 0.5) is 0 Å².